The van der Waals surface area contributed by atoms with E-state index in [0.717, 1.165) is 16.7 Å². The number of thioether (sulfide) groups is 1. The van der Waals surface area contributed by atoms with E-state index >= 15 is 0 Å². The number of carbonyl (C=O) groups excluding carboxylic acids is 2. The first-order valence-corrected chi connectivity index (χ1v) is 12.1. The van der Waals surface area contributed by atoms with Gasteiger partial charge in [0, 0.05) is 30.0 Å². The lowest BCUT2D eigenvalue weighted by Crippen LogP contribution is -2.53. The fraction of sp³-hybridized carbons (Fsp3) is 0.440. The third-order valence-electron chi connectivity index (χ3n) is 5.00. The molecule has 0 aliphatic rings. The van der Waals surface area contributed by atoms with Crippen molar-refractivity contribution in [2.24, 2.45) is 0 Å². The third kappa shape index (κ3) is 8.53. The van der Waals surface area contributed by atoms with Crippen LogP contribution in [0.1, 0.15) is 50.8 Å². The third-order valence-corrected chi connectivity index (χ3v) is 5.99. The van der Waals surface area contributed by atoms with Gasteiger partial charge in [-0.1, -0.05) is 48.9 Å². The molecule has 0 spiro atoms. The number of rotatable bonds is 10. The van der Waals surface area contributed by atoms with Crippen molar-refractivity contribution in [1.29, 1.82) is 0 Å². The van der Waals surface area contributed by atoms with Crippen molar-refractivity contribution in [3.8, 4) is 0 Å². The van der Waals surface area contributed by atoms with Crippen molar-refractivity contribution < 1.29 is 14.5 Å². The van der Waals surface area contributed by atoms with Crippen LogP contribution in [-0.2, 0) is 21.9 Å². The lowest BCUT2D eigenvalue weighted by Gasteiger charge is -2.33. The second-order valence-electron chi connectivity index (χ2n) is 9.09. The van der Waals surface area contributed by atoms with Crippen LogP contribution in [0.15, 0.2) is 48.5 Å². The maximum Gasteiger partial charge on any atom is 0.269 e. The highest BCUT2D eigenvalue weighted by molar-refractivity contribution is 7.99. The van der Waals surface area contributed by atoms with Crippen molar-refractivity contribution >= 4 is 29.3 Å². The number of hydrogen-bond donors (Lipinski definition) is 1. The van der Waals surface area contributed by atoms with E-state index in [-0.39, 0.29) is 23.3 Å². The Balaban J connectivity index is 2.12. The molecule has 2 rings (SSSR count). The zero-order valence-electron chi connectivity index (χ0n) is 20.0. The number of non-ortho nitro benzene ring substituents is 1. The first-order chi connectivity index (χ1) is 15.5. The summed E-state index contributed by atoms with van der Waals surface area (Å²) in [4.78, 5) is 38.3. The minimum atomic E-state index is -0.571. The van der Waals surface area contributed by atoms with Gasteiger partial charge >= 0.3 is 0 Å². The summed E-state index contributed by atoms with van der Waals surface area (Å²) in [5.41, 5.74) is 2.65. The lowest BCUT2D eigenvalue weighted by atomic mass is 10.1. The minimum Gasteiger partial charge on any atom is -0.350 e. The van der Waals surface area contributed by atoms with Crippen LogP contribution in [0, 0.1) is 17.0 Å². The molecule has 0 saturated carbocycles. The van der Waals surface area contributed by atoms with Crippen LogP contribution < -0.4 is 5.32 Å². The SMILES string of the molecule is CC[C@@H](C(=O)NC(C)(C)C)N(Cc1ccc(C)cc1)C(=O)CSCc1ccc([N+](=O)[O-])cc1. The second-order valence-corrected chi connectivity index (χ2v) is 10.1. The van der Waals surface area contributed by atoms with Gasteiger partial charge in [0.25, 0.3) is 5.69 Å². The summed E-state index contributed by atoms with van der Waals surface area (Å²) in [7, 11) is 0. The van der Waals surface area contributed by atoms with Gasteiger partial charge in [-0.2, -0.15) is 0 Å². The van der Waals surface area contributed by atoms with E-state index in [1.54, 1.807) is 17.0 Å². The van der Waals surface area contributed by atoms with Gasteiger partial charge < -0.3 is 10.2 Å². The average Bonchev–Trinajstić information content (AvgIpc) is 2.74. The number of benzene rings is 2. The number of nitrogens with zero attached hydrogens (tertiary/aromatic N) is 2. The molecule has 0 aliphatic heterocycles. The molecule has 1 N–H and O–H groups in total. The molecular formula is C25H33N3O4S. The highest BCUT2D eigenvalue weighted by Crippen LogP contribution is 2.20. The topological polar surface area (TPSA) is 92.6 Å². The maximum atomic E-state index is 13.3. The predicted molar refractivity (Wildman–Crippen MR) is 133 cm³/mol. The van der Waals surface area contributed by atoms with Crippen LogP contribution >= 0.6 is 11.8 Å². The van der Waals surface area contributed by atoms with E-state index in [2.05, 4.69) is 5.32 Å². The van der Waals surface area contributed by atoms with Gasteiger partial charge in [0.1, 0.15) is 6.04 Å². The van der Waals surface area contributed by atoms with Gasteiger partial charge in [0.2, 0.25) is 11.8 Å². The van der Waals surface area contributed by atoms with Gasteiger partial charge in [0.05, 0.1) is 10.7 Å². The van der Waals surface area contributed by atoms with Gasteiger partial charge in [-0.3, -0.25) is 19.7 Å². The largest absolute Gasteiger partial charge is 0.350 e. The molecule has 0 aromatic heterocycles. The Morgan fingerprint density at radius 2 is 1.64 bits per heavy atom. The quantitative estimate of drug-likeness (QED) is 0.395. The highest BCUT2D eigenvalue weighted by atomic mass is 32.2. The molecule has 2 amide bonds. The van der Waals surface area contributed by atoms with E-state index in [0.29, 0.717) is 18.7 Å². The van der Waals surface area contributed by atoms with Crippen LogP contribution in [0.25, 0.3) is 0 Å². The number of hydrogen-bond acceptors (Lipinski definition) is 5. The van der Waals surface area contributed by atoms with E-state index in [9.17, 15) is 19.7 Å². The molecule has 0 radical (unpaired) electrons. The monoisotopic (exact) mass is 471 g/mol. The average molecular weight is 472 g/mol. The maximum absolute atomic E-state index is 13.3. The molecule has 33 heavy (non-hydrogen) atoms. The summed E-state index contributed by atoms with van der Waals surface area (Å²) in [6.45, 7) is 10.0. The Hall–Kier alpha value is -2.87. The summed E-state index contributed by atoms with van der Waals surface area (Å²) < 4.78 is 0. The van der Waals surface area contributed by atoms with Crippen molar-refractivity contribution in [2.75, 3.05) is 5.75 Å². The Kier molecular flexibility index (Phi) is 9.46. The number of carbonyl (C=O) groups is 2. The predicted octanol–water partition coefficient (Wildman–Crippen LogP) is 4.86. The number of nitro benzene ring substituents is 1. The normalized spacial score (nSPS) is 12.2. The molecular weight excluding hydrogens is 438 g/mol. The molecule has 0 fully saturated rings. The highest BCUT2D eigenvalue weighted by Gasteiger charge is 2.30. The molecule has 0 heterocycles. The smallest absolute Gasteiger partial charge is 0.269 e. The van der Waals surface area contributed by atoms with E-state index in [4.69, 9.17) is 0 Å². The summed E-state index contributed by atoms with van der Waals surface area (Å²) in [5, 5.41) is 13.8. The van der Waals surface area contributed by atoms with Crippen LogP contribution in [0.5, 0.6) is 0 Å². The fourth-order valence-corrected chi connectivity index (χ4v) is 4.19. The van der Waals surface area contributed by atoms with Crippen LogP contribution in [0.2, 0.25) is 0 Å². The van der Waals surface area contributed by atoms with Gasteiger partial charge in [-0.15, -0.1) is 11.8 Å². The van der Waals surface area contributed by atoms with E-state index < -0.39 is 16.5 Å². The van der Waals surface area contributed by atoms with E-state index in [1.807, 2.05) is 58.9 Å². The molecule has 8 heteroatoms. The van der Waals surface area contributed by atoms with Crippen LogP contribution in [0.3, 0.4) is 0 Å². The first-order valence-electron chi connectivity index (χ1n) is 11.0. The fourth-order valence-electron chi connectivity index (χ4n) is 3.32. The van der Waals surface area contributed by atoms with Crippen LogP contribution in [-0.4, -0.2) is 39.0 Å². The molecule has 1 atom stereocenters. The van der Waals surface area contributed by atoms with Crippen molar-refractivity contribution in [3.63, 3.8) is 0 Å². The Labute approximate surface area is 200 Å². The lowest BCUT2D eigenvalue weighted by molar-refractivity contribution is -0.384. The zero-order valence-corrected chi connectivity index (χ0v) is 20.8. The first kappa shape index (κ1) is 26.4. The molecule has 0 saturated heterocycles. The number of nitrogens with one attached hydrogen (secondary N) is 1. The molecule has 0 bridgehead atoms. The Bertz CT molecular complexity index is 953. The summed E-state index contributed by atoms with van der Waals surface area (Å²) in [6.07, 6.45) is 0.506. The molecule has 2 aromatic rings. The zero-order chi connectivity index (χ0) is 24.6. The van der Waals surface area contributed by atoms with Crippen molar-refractivity contribution in [2.45, 2.75) is 64.9 Å². The number of nitro groups is 1. The minimum absolute atomic E-state index is 0.0414. The molecule has 7 nitrogen and oxygen atoms in total. The Morgan fingerprint density at radius 1 is 1.06 bits per heavy atom. The number of amides is 2. The van der Waals surface area contributed by atoms with Crippen molar-refractivity contribution in [3.05, 3.63) is 75.3 Å². The molecule has 2 aromatic carbocycles. The molecule has 0 aliphatic carbocycles. The Morgan fingerprint density at radius 3 is 2.15 bits per heavy atom. The number of aryl methyl sites for hydroxylation is 1. The summed E-state index contributed by atoms with van der Waals surface area (Å²) >= 11 is 1.43. The summed E-state index contributed by atoms with van der Waals surface area (Å²) in [5.74, 6) is 0.485. The molecule has 0 unspecified atom stereocenters. The van der Waals surface area contributed by atoms with Gasteiger partial charge in [-0.05, 0) is 45.2 Å². The van der Waals surface area contributed by atoms with Crippen molar-refractivity contribution in [1.82, 2.24) is 10.2 Å². The van der Waals surface area contributed by atoms with E-state index in [1.165, 1.54) is 23.9 Å². The van der Waals surface area contributed by atoms with Gasteiger partial charge in [0.15, 0.2) is 0 Å². The second kappa shape index (κ2) is 11.8. The summed E-state index contributed by atoms with van der Waals surface area (Å²) in [6, 6.07) is 13.7. The standard InChI is InChI=1S/C25H33N3O4S/c1-6-22(24(30)26-25(3,4)5)27(15-19-9-7-18(2)8-10-19)23(29)17-33-16-20-11-13-21(14-12-20)28(31)32/h7-14,22H,6,15-17H2,1-5H3,(H,26,30)/t22-/m0/s1. The van der Waals surface area contributed by atoms with Crippen LogP contribution in [0.4, 0.5) is 5.69 Å². The van der Waals surface area contributed by atoms with Gasteiger partial charge in [-0.25, -0.2) is 0 Å². The molecule has 178 valence electrons.